The van der Waals surface area contributed by atoms with Crippen LogP contribution in [0.5, 0.6) is 0 Å². The lowest BCUT2D eigenvalue weighted by Crippen LogP contribution is -2.11. The van der Waals surface area contributed by atoms with Crippen LogP contribution >= 0.6 is 0 Å². The van der Waals surface area contributed by atoms with Crippen LogP contribution in [0.2, 0.25) is 0 Å². The molecule has 0 fully saturated rings. The molecule has 6 heteroatoms. The van der Waals surface area contributed by atoms with Crippen LogP contribution in [0.4, 0.5) is 0 Å². The van der Waals surface area contributed by atoms with Gasteiger partial charge in [0.15, 0.2) is 34.7 Å². The number of rotatable bonds is 3. The summed E-state index contributed by atoms with van der Waals surface area (Å²) < 4.78 is 0. The maximum Gasteiger partial charge on any atom is 0.186 e. The van der Waals surface area contributed by atoms with Crippen LogP contribution in [0.25, 0.3) is 16.7 Å². The zero-order valence-electron chi connectivity index (χ0n) is 15.4. The summed E-state index contributed by atoms with van der Waals surface area (Å²) in [4.78, 5) is 72.4. The van der Waals surface area contributed by atoms with Crippen molar-refractivity contribution in [2.75, 3.05) is 0 Å². The molecule has 0 aromatic heterocycles. The van der Waals surface area contributed by atoms with E-state index in [1.54, 1.807) is 0 Å². The Morgan fingerprint density at radius 1 is 0.367 bits per heavy atom. The average Bonchev–Trinajstić information content (AvgIpc) is 2.73. The standard InChI is InChI=1S/C24H12O6/c25-16-1-4-22(28)19(10-16)13-7-14(20-11-17(26)2-5-23(20)29)9-15(8-13)21-12-18(27)3-6-24(21)30/h1-12H. The van der Waals surface area contributed by atoms with E-state index in [9.17, 15) is 28.8 Å². The highest BCUT2D eigenvalue weighted by Gasteiger charge is 2.23. The van der Waals surface area contributed by atoms with Gasteiger partial charge in [-0.15, -0.1) is 0 Å². The van der Waals surface area contributed by atoms with Gasteiger partial charge in [-0.25, -0.2) is 0 Å². The number of hydrogen-bond acceptors (Lipinski definition) is 6. The van der Waals surface area contributed by atoms with Crippen molar-refractivity contribution < 1.29 is 28.8 Å². The van der Waals surface area contributed by atoms with Gasteiger partial charge in [-0.2, -0.15) is 0 Å². The lowest BCUT2D eigenvalue weighted by molar-refractivity contribution is -0.113. The van der Waals surface area contributed by atoms with Crippen molar-refractivity contribution in [3.05, 3.63) is 89.6 Å². The largest absolute Gasteiger partial charge is 0.290 e. The number of carbonyl (C=O) groups is 6. The molecule has 6 nitrogen and oxygen atoms in total. The van der Waals surface area contributed by atoms with E-state index in [0.29, 0.717) is 0 Å². The quantitative estimate of drug-likeness (QED) is 0.724. The predicted octanol–water partition coefficient (Wildman–Crippen LogP) is 1.96. The Morgan fingerprint density at radius 3 is 0.900 bits per heavy atom. The smallest absolute Gasteiger partial charge is 0.186 e. The minimum atomic E-state index is -0.419. The molecule has 0 saturated heterocycles. The van der Waals surface area contributed by atoms with E-state index in [-0.39, 0.29) is 50.8 Å². The predicted molar refractivity (Wildman–Crippen MR) is 108 cm³/mol. The Labute approximate surface area is 170 Å². The number of carbonyl (C=O) groups excluding carboxylic acids is 6. The monoisotopic (exact) mass is 396 g/mol. The summed E-state index contributed by atoms with van der Waals surface area (Å²) in [5, 5.41) is 0. The molecular weight excluding hydrogens is 384 g/mol. The first-order valence-electron chi connectivity index (χ1n) is 8.92. The minimum absolute atomic E-state index is 0.0852. The van der Waals surface area contributed by atoms with Gasteiger partial charge in [0.25, 0.3) is 0 Å². The number of ketones is 6. The summed E-state index contributed by atoms with van der Waals surface area (Å²) in [5.74, 6) is -2.40. The Morgan fingerprint density at radius 2 is 0.633 bits per heavy atom. The van der Waals surface area contributed by atoms with Gasteiger partial charge in [0.1, 0.15) is 0 Å². The average molecular weight is 396 g/mol. The lowest BCUT2D eigenvalue weighted by atomic mass is 9.86. The summed E-state index contributed by atoms with van der Waals surface area (Å²) in [6.45, 7) is 0. The van der Waals surface area contributed by atoms with Crippen molar-refractivity contribution in [1.29, 1.82) is 0 Å². The first-order valence-corrected chi connectivity index (χ1v) is 8.92. The highest BCUT2D eigenvalue weighted by molar-refractivity contribution is 6.37. The van der Waals surface area contributed by atoms with E-state index in [1.165, 1.54) is 18.2 Å². The molecule has 0 spiro atoms. The summed E-state index contributed by atoms with van der Waals surface area (Å²) in [5.41, 5.74) is 1.12. The van der Waals surface area contributed by atoms with Crippen molar-refractivity contribution in [2.24, 2.45) is 0 Å². The molecule has 0 unspecified atom stereocenters. The van der Waals surface area contributed by atoms with E-state index in [4.69, 9.17) is 0 Å². The van der Waals surface area contributed by atoms with Gasteiger partial charge in [0.2, 0.25) is 0 Å². The summed E-state index contributed by atoms with van der Waals surface area (Å²) in [6.07, 6.45) is 10.3. The van der Waals surface area contributed by atoms with Gasteiger partial charge in [-0.05, 0) is 89.6 Å². The molecule has 1 aromatic carbocycles. The van der Waals surface area contributed by atoms with Crippen LogP contribution in [0.1, 0.15) is 16.7 Å². The van der Waals surface area contributed by atoms with Gasteiger partial charge in [0.05, 0.1) is 0 Å². The van der Waals surface area contributed by atoms with Gasteiger partial charge in [0, 0.05) is 16.7 Å². The molecule has 0 atom stereocenters. The molecule has 144 valence electrons. The van der Waals surface area contributed by atoms with E-state index in [0.717, 1.165) is 54.7 Å². The molecule has 1 aromatic rings. The third-order valence-electron chi connectivity index (χ3n) is 4.72. The van der Waals surface area contributed by atoms with Crippen molar-refractivity contribution in [2.45, 2.75) is 0 Å². The normalized spacial score (nSPS) is 18.6. The molecule has 0 radical (unpaired) electrons. The minimum Gasteiger partial charge on any atom is -0.290 e. The van der Waals surface area contributed by atoms with Crippen molar-refractivity contribution in [3.8, 4) is 0 Å². The second-order valence-electron chi connectivity index (χ2n) is 6.77. The van der Waals surface area contributed by atoms with Crippen molar-refractivity contribution in [3.63, 3.8) is 0 Å². The third-order valence-corrected chi connectivity index (χ3v) is 4.72. The molecule has 0 amide bonds. The highest BCUT2D eigenvalue weighted by Crippen LogP contribution is 2.31. The zero-order chi connectivity index (χ0) is 21.4. The molecule has 30 heavy (non-hydrogen) atoms. The fourth-order valence-electron chi connectivity index (χ4n) is 3.30. The third kappa shape index (κ3) is 3.54. The lowest BCUT2D eigenvalue weighted by Gasteiger charge is -2.16. The second kappa shape index (κ2) is 7.25. The van der Waals surface area contributed by atoms with Gasteiger partial charge in [-0.1, -0.05) is 0 Å². The number of allylic oxidation sites excluding steroid dienone is 12. The highest BCUT2D eigenvalue weighted by atomic mass is 16.1. The van der Waals surface area contributed by atoms with E-state index < -0.39 is 17.3 Å². The molecule has 4 rings (SSSR count). The second-order valence-corrected chi connectivity index (χ2v) is 6.77. The molecule has 0 bridgehead atoms. The number of benzene rings is 1. The van der Waals surface area contributed by atoms with Crippen LogP contribution in [0.3, 0.4) is 0 Å². The molecule has 0 aliphatic heterocycles. The van der Waals surface area contributed by atoms with E-state index >= 15 is 0 Å². The van der Waals surface area contributed by atoms with Crippen molar-refractivity contribution in [1.82, 2.24) is 0 Å². The fourth-order valence-corrected chi connectivity index (χ4v) is 3.30. The zero-order valence-corrected chi connectivity index (χ0v) is 15.4. The SMILES string of the molecule is O=C1C=CC(=O)C(c2cc(C3=CC(=O)C=CC3=O)cc(C3=CC(=O)C=CC3=O)c2)=C1. The van der Waals surface area contributed by atoms with Gasteiger partial charge >= 0.3 is 0 Å². The van der Waals surface area contributed by atoms with Gasteiger partial charge < -0.3 is 0 Å². The maximum absolute atomic E-state index is 12.3. The number of hydrogen-bond donors (Lipinski definition) is 0. The summed E-state index contributed by atoms with van der Waals surface area (Å²) >= 11 is 0. The molecule has 0 saturated carbocycles. The molecular formula is C24H12O6. The molecule has 0 heterocycles. The molecule has 3 aliphatic carbocycles. The fraction of sp³-hybridized carbons (Fsp3) is 0. The van der Waals surface area contributed by atoms with Gasteiger partial charge in [-0.3, -0.25) is 28.8 Å². The Bertz CT molecular complexity index is 1110. The first-order chi connectivity index (χ1) is 14.3. The van der Waals surface area contributed by atoms with Crippen molar-refractivity contribution >= 4 is 51.4 Å². The van der Waals surface area contributed by atoms with Crippen LogP contribution < -0.4 is 0 Å². The Balaban J connectivity index is 1.93. The Kier molecular flexibility index (Phi) is 4.60. The topological polar surface area (TPSA) is 102 Å². The van der Waals surface area contributed by atoms with E-state index in [2.05, 4.69) is 0 Å². The van der Waals surface area contributed by atoms with Crippen LogP contribution in [-0.4, -0.2) is 34.7 Å². The summed E-state index contributed by atoms with van der Waals surface area (Å²) in [6, 6.07) is 4.50. The van der Waals surface area contributed by atoms with Crippen LogP contribution in [-0.2, 0) is 28.8 Å². The van der Waals surface area contributed by atoms with E-state index in [1.807, 2.05) is 0 Å². The first kappa shape index (κ1) is 19.0. The molecule has 0 N–H and O–H groups in total. The molecule has 3 aliphatic rings. The van der Waals surface area contributed by atoms with Crippen LogP contribution in [0, 0.1) is 0 Å². The summed E-state index contributed by atoms with van der Waals surface area (Å²) in [7, 11) is 0. The van der Waals surface area contributed by atoms with Crippen LogP contribution in [0.15, 0.2) is 72.9 Å². The maximum atomic E-state index is 12.3. The Hall–Kier alpha value is -4.32.